The van der Waals surface area contributed by atoms with Gasteiger partial charge in [-0.05, 0) is 58.7 Å². The Hall–Kier alpha value is -4.90. The van der Waals surface area contributed by atoms with Gasteiger partial charge in [-0.1, -0.05) is 43.3 Å². The number of nitrogens with zero attached hydrogens (tertiary/aromatic N) is 5. The number of benzene rings is 3. The van der Waals surface area contributed by atoms with Crippen LogP contribution in [0.25, 0.3) is 10.9 Å². The van der Waals surface area contributed by atoms with E-state index in [1.54, 1.807) is 20.3 Å². The molecule has 1 aliphatic heterocycles. The fourth-order valence-corrected chi connectivity index (χ4v) is 5.56. The van der Waals surface area contributed by atoms with Crippen LogP contribution in [0.4, 0.5) is 0 Å². The highest BCUT2D eigenvalue weighted by Gasteiger charge is 2.27. The summed E-state index contributed by atoms with van der Waals surface area (Å²) in [7, 11) is 3.17. The van der Waals surface area contributed by atoms with Crippen LogP contribution in [0, 0.1) is 0 Å². The summed E-state index contributed by atoms with van der Waals surface area (Å²) in [5.74, 6) is 3.33. The van der Waals surface area contributed by atoms with E-state index < -0.39 is 0 Å². The van der Waals surface area contributed by atoms with E-state index in [0.717, 1.165) is 35.4 Å². The molecule has 3 aromatic carbocycles. The number of rotatable bonds is 12. The third kappa shape index (κ3) is 6.02. The first-order valence-electron chi connectivity index (χ1n) is 14.3. The van der Waals surface area contributed by atoms with Crippen LogP contribution < -0.4 is 24.5 Å². The standard InChI is InChI=1S/C32H34N6O5/c1-4-26(31-34-35-36-38(31)13-12-21-8-6-5-7-9-21)37(18-22-10-11-27-30(14-22)43-20-42-27)19-24-15-23-16-28(40-2)29(41-3)17-25(23)33-32(24)39/h5-11,14-17,26H,4,12-13,18-20H2,1-3H3,(H,33,39). The Morgan fingerprint density at radius 3 is 2.53 bits per heavy atom. The Balaban J connectivity index is 1.35. The highest BCUT2D eigenvalue weighted by atomic mass is 16.7. The summed E-state index contributed by atoms with van der Waals surface area (Å²) in [6, 6.07) is 21.6. The number of methoxy groups -OCH3 is 2. The summed E-state index contributed by atoms with van der Waals surface area (Å²) < 4.78 is 24.0. The van der Waals surface area contributed by atoms with Crippen molar-refractivity contribution in [3.8, 4) is 23.0 Å². The number of hydrogen-bond donors (Lipinski definition) is 1. The summed E-state index contributed by atoms with van der Waals surface area (Å²) in [6.07, 6.45) is 1.53. The van der Waals surface area contributed by atoms with Gasteiger partial charge in [0.2, 0.25) is 6.79 Å². The van der Waals surface area contributed by atoms with Gasteiger partial charge >= 0.3 is 0 Å². The second-order valence-electron chi connectivity index (χ2n) is 10.4. The molecule has 0 radical (unpaired) electrons. The van der Waals surface area contributed by atoms with Gasteiger partial charge in [0.25, 0.3) is 5.56 Å². The molecule has 6 rings (SSSR count). The molecule has 43 heavy (non-hydrogen) atoms. The van der Waals surface area contributed by atoms with Crippen molar-refractivity contribution >= 4 is 10.9 Å². The average molecular weight is 583 g/mol. The number of tetrazole rings is 1. The van der Waals surface area contributed by atoms with Gasteiger partial charge < -0.3 is 23.9 Å². The lowest BCUT2D eigenvalue weighted by Crippen LogP contribution is -2.32. The van der Waals surface area contributed by atoms with E-state index in [0.29, 0.717) is 48.0 Å². The van der Waals surface area contributed by atoms with Crippen LogP contribution in [0.15, 0.2) is 71.5 Å². The van der Waals surface area contributed by atoms with Crippen LogP contribution in [0.2, 0.25) is 0 Å². The smallest absolute Gasteiger partial charge is 0.252 e. The first-order chi connectivity index (χ1) is 21.1. The molecule has 0 saturated heterocycles. The second kappa shape index (κ2) is 12.5. The maximum absolute atomic E-state index is 13.4. The number of aryl methyl sites for hydroxylation is 2. The molecule has 1 atom stereocenters. The molecule has 0 fully saturated rings. The third-order valence-electron chi connectivity index (χ3n) is 7.76. The normalized spacial score (nSPS) is 13.0. The largest absolute Gasteiger partial charge is 0.493 e. The maximum Gasteiger partial charge on any atom is 0.252 e. The molecule has 0 amide bonds. The summed E-state index contributed by atoms with van der Waals surface area (Å²) in [5.41, 5.74) is 3.35. The van der Waals surface area contributed by atoms with Gasteiger partial charge in [-0.15, -0.1) is 5.10 Å². The van der Waals surface area contributed by atoms with Crippen LogP contribution in [-0.2, 0) is 26.1 Å². The fraction of sp³-hybridized carbons (Fsp3) is 0.312. The lowest BCUT2D eigenvalue weighted by molar-refractivity contribution is 0.160. The molecule has 222 valence electrons. The number of fused-ring (bicyclic) bond motifs is 2. The number of pyridine rings is 1. The van der Waals surface area contributed by atoms with E-state index in [1.165, 1.54) is 5.56 Å². The van der Waals surface area contributed by atoms with Crippen molar-refractivity contribution < 1.29 is 18.9 Å². The van der Waals surface area contributed by atoms with E-state index in [-0.39, 0.29) is 18.4 Å². The maximum atomic E-state index is 13.4. The summed E-state index contributed by atoms with van der Waals surface area (Å²) >= 11 is 0. The molecule has 11 nitrogen and oxygen atoms in total. The van der Waals surface area contributed by atoms with Crippen molar-refractivity contribution in [3.05, 3.63) is 99.6 Å². The topological polar surface area (TPSA) is 117 Å². The molecule has 3 heterocycles. The molecule has 0 spiro atoms. The predicted octanol–water partition coefficient (Wildman–Crippen LogP) is 4.66. The Bertz CT molecular complexity index is 1770. The quantitative estimate of drug-likeness (QED) is 0.224. The molecule has 0 bridgehead atoms. The van der Waals surface area contributed by atoms with Gasteiger partial charge in [-0.3, -0.25) is 9.69 Å². The zero-order valence-electron chi connectivity index (χ0n) is 24.4. The molecular weight excluding hydrogens is 548 g/mol. The minimum Gasteiger partial charge on any atom is -0.493 e. The van der Waals surface area contributed by atoms with Gasteiger partial charge in [0.1, 0.15) is 0 Å². The van der Waals surface area contributed by atoms with Gasteiger partial charge in [0, 0.05) is 36.7 Å². The molecule has 11 heteroatoms. The van der Waals surface area contributed by atoms with Gasteiger partial charge in [0.15, 0.2) is 28.8 Å². The van der Waals surface area contributed by atoms with Crippen LogP contribution >= 0.6 is 0 Å². The van der Waals surface area contributed by atoms with Crippen LogP contribution in [0.1, 0.15) is 41.9 Å². The van der Waals surface area contributed by atoms with Gasteiger partial charge in [0.05, 0.1) is 25.8 Å². The third-order valence-corrected chi connectivity index (χ3v) is 7.76. The van der Waals surface area contributed by atoms with Crippen LogP contribution in [-0.4, -0.2) is 51.1 Å². The Kier molecular flexibility index (Phi) is 8.23. The zero-order valence-corrected chi connectivity index (χ0v) is 24.4. The first kappa shape index (κ1) is 28.2. The van der Waals surface area contributed by atoms with Gasteiger partial charge in [-0.2, -0.15) is 0 Å². The molecule has 0 aliphatic carbocycles. The molecule has 1 N–H and O–H groups in total. The van der Waals surface area contributed by atoms with Crippen molar-refractivity contribution in [2.45, 2.75) is 45.4 Å². The number of aromatic nitrogens is 5. The fourth-order valence-electron chi connectivity index (χ4n) is 5.56. The number of aromatic amines is 1. The first-order valence-corrected chi connectivity index (χ1v) is 14.3. The SMILES string of the molecule is CCC(c1nnnn1CCc1ccccc1)N(Cc1ccc2c(c1)OCO2)Cc1cc2cc(OC)c(OC)cc2[nH]c1=O. The van der Waals surface area contributed by atoms with Crippen molar-refractivity contribution in [3.63, 3.8) is 0 Å². The Morgan fingerprint density at radius 1 is 0.953 bits per heavy atom. The van der Waals surface area contributed by atoms with Crippen molar-refractivity contribution in [1.29, 1.82) is 0 Å². The van der Waals surface area contributed by atoms with E-state index in [9.17, 15) is 4.79 Å². The van der Waals surface area contributed by atoms with Crippen LogP contribution in [0.5, 0.6) is 23.0 Å². The Labute approximate surface area is 249 Å². The predicted molar refractivity (Wildman–Crippen MR) is 160 cm³/mol. The lowest BCUT2D eigenvalue weighted by atomic mass is 10.1. The second-order valence-corrected chi connectivity index (χ2v) is 10.4. The van der Waals surface area contributed by atoms with E-state index in [1.807, 2.05) is 53.2 Å². The minimum atomic E-state index is -0.172. The number of ether oxygens (including phenoxy) is 4. The summed E-state index contributed by atoms with van der Waals surface area (Å²) in [4.78, 5) is 18.7. The van der Waals surface area contributed by atoms with E-state index in [2.05, 4.69) is 44.5 Å². The molecule has 0 saturated carbocycles. The number of H-pyrrole nitrogens is 1. The highest BCUT2D eigenvalue weighted by molar-refractivity contribution is 5.83. The van der Waals surface area contributed by atoms with E-state index in [4.69, 9.17) is 18.9 Å². The molecular formula is C32H34N6O5. The minimum absolute atomic E-state index is 0.170. The molecule has 1 unspecified atom stereocenters. The van der Waals surface area contributed by atoms with Crippen LogP contribution in [0.3, 0.4) is 0 Å². The summed E-state index contributed by atoms with van der Waals surface area (Å²) in [5, 5.41) is 13.7. The van der Waals surface area contributed by atoms with E-state index >= 15 is 0 Å². The molecule has 1 aliphatic rings. The van der Waals surface area contributed by atoms with Gasteiger partial charge in [-0.25, -0.2) is 4.68 Å². The van der Waals surface area contributed by atoms with Crippen molar-refractivity contribution in [2.75, 3.05) is 21.0 Å². The van der Waals surface area contributed by atoms with Crippen molar-refractivity contribution in [2.24, 2.45) is 0 Å². The zero-order chi connectivity index (χ0) is 29.8. The number of nitrogens with one attached hydrogen (secondary N) is 1. The lowest BCUT2D eigenvalue weighted by Gasteiger charge is -2.30. The Morgan fingerprint density at radius 2 is 1.74 bits per heavy atom. The number of hydrogen-bond acceptors (Lipinski definition) is 9. The van der Waals surface area contributed by atoms with Crippen molar-refractivity contribution in [1.82, 2.24) is 30.1 Å². The average Bonchev–Trinajstić information content (AvgIpc) is 3.70. The monoisotopic (exact) mass is 582 g/mol. The molecule has 2 aromatic heterocycles. The highest BCUT2D eigenvalue weighted by Crippen LogP contribution is 2.35. The molecule has 5 aromatic rings. The summed E-state index contributed by atoms with van der Waals surface area (Å²) in [6.45, 7) is 3.84.